The summed E-state index contributed by atoms with van der Waals surface area (Å²) in [6.07, 6.45) is 6.76. The lowest BCUT2D eigenvalue weighted by molar-refractivity contribution is -0.128. The molecule has 32 heavy (non-hydrogen) atoms. The number of nitrogens with zero attached hydrogens (tertiary/aromatic N) is 5. The molecule has 1 saturated carbocycles. The smallest absolute Gasteiger partial charge is 0.228 e. The Bertz CT molecular complexity index is 1010. The van der Waals surface area contributed by atoms with Crippen molar-refractivity contribution in [2.75, 3.05) is 11.9 Å². The van der Waals surface area contributed by atoms with E-state index in [-0.39, 0.29) is 36.0 Å². The molecule has 168 valence electrons. The van der Waals surface area contributed by atoms with Gasteiger partial charge < -0.3 is 10.6 Å². The third kappa shape index (κ3) is 4.08. The van der Waals surface area contributed by atoms with Crippen molar-refractivity contribution in [3.63, 3.8) is 0 Å². The van der Waals surface area contributed by atoms with Crippen molar-refractivity contribution in [3.05, 3.63) is 41.7 Å². The average molecular weight is 435 g/mol. The van der Waals surface area contributed by atoms with Crippen molar-refractivity contribution < 1.29 is 4.79 Å². The summed E-state index contributed by atoms with van der Waals surface area (Å²) in [5.41, 5.74) is 6.55. The zero-order valence-electron chi connectivity index (χ0n) is 18.4. The molecule has 1 aromatic heterocycles. The SMILES string of the molecule is Cc1cn(Cc2cccc(NC3NN([C@H]4CCCC[C@@H]4C#N)C4CCNC(=O)C34)c2)nn1. The van der Waals surface area contributed by atoms with E-state index in [0.717, 1.165) is 49.0 Å². The van der Waals surface area contributed by atoms with Gasteiger partial charge in [-0.05, 0) is 43.9 Å². The highest BCUT2D eigenvalue weighted by Crippen LogP contribution is 2.36. The third-order valence-electron chi connectivity index (χ3n) is 6.96. The molecule has 9 nitrogen and oxygen atoms in total. The number of fused-ring (bicyclic) bond motifs is 1. The van der Waals surface area contributed by atoms with E-state index in [0.29, 0.717) is 13.1 Å². The van der Waals surface area contributed by atoms with E-state index >= 15 is 0 Å². The van der Waals surface area contributed by atoms with Gasteiger partial charge in [-0.25, -0.2) is 15.1 Å². The average Bonchev–Trinajstić information content (AvgIpc) is 3.38. The maximum atomic E-state index is 12.9. The Morgan fingerprint density at radius 2 is 2.12 bits per heavy atom. The molecule has 1 amide bonds. The molecule has 3 heterocycles. The van der Waals surface area contributed by atoms with E-state index in [9.17, 15) is 10.1 Å². The van der Waals surface area contributed by atoms with Gasteiger partial charge in [-0.2, -0.15) is 5.26 Å². The van der Waals surface area contributed by atoms with Gasteiger partial charge in [-0.1, -0.05) is 30.2 Å². The topological polar surface area (TPSA) is 111 Å². The number of hydrogen-bond acceptors (Lipinski definition) is 7. The van der Waals surface area contributed by atoms with Crippen LogP contribution in [0.3, 0.4) is 0 Å². The lowest BCUT2D eigenvalue weighted by atomic mass is 9.83. The first-order valence-electron chi connectivity index (χ1n) is 11.6. The predicted molar refractivity (Wildman–Crippen MR) is 119 cm³/mol. The minimum absolute atomic E-state index is 0.00935. The number of aryl methyl sites for hydroxylation is 1. The lowest BCUT2D eigenvalue weighted by Crippen LogP contribution is -2.54. The first kappa shape index (κ1) is 20.9. The summed E-state index contributed by atoms with van der Waals surface area (Å²) < 4.78 is 1.82. The third-order valence-corrected chi connectivity index (χ3v) is 6.96. The Labute approximate surface area is 188 Å². The monoisotopic (exact) mass is 434 g/mol. The summed E-state index contributed by atoms with van der Waals surface area (Å²) in [6, 6.07) is 11.0. The number of nitriles is 1. The van der Waals surface area contributed by atoms with Crippen LogP contribution in [0.2, 0.25) is 0 Å². The molecule has 1 aromatic carbocycles. The standard InChI is InChI=1S/C23H30N8O/c1-15-13-30(29-27-15)14-16-5-4-7-18(11-16)26-22-21-20(9-10-25-23(21)32)31(28-22)19-8-3-2-6-17(19)12-24/h4-5,7,11,13,17,19-22,26,28H,2-3,6,8-10,14H2,1H3,(H,25,32)/t17-,19+,20?,21?,22?/m1/s1. The minimum Gasteiger partial charge on any atom is -0.368 e. The van der Waals surface area contributed by atoms with E-state index in [1.54, 1.807) is 0 Å². The molecule has 0 radical (unpaired) electrons. The van der Waals surface area contributed by atoms with Crippen molar-refractivity contribution in [1.82, 2.24) is 30.7 Å². The fourth-order valence-corrected chi connectivity index (χ4v) is 5.49. The molecule has 5 atom stereocenters. The van der Waals surface area contributed by atoms with E-state index < -0.39 is 0 Å². The van der Waals surface area contributed by atoms with Gasteiger partial charge in [-0.15, -0.1) is 5.10 Å². The molecule has 3 N–H and O–H groups in total. The number of hydrogen-bond donors (Lipinski definition) is 3. The number of anilines is 1. The van der Waals surface area contributed by atoms with Crippen molar-refractivity contribution >= 4 is 11.6 Å². The van der Waals surface area contributed by atoms with Gasteiger partial charge in [0.2, 0.25) is 5.91 Å². The molecule has 3 unspecified atom stereocenters. The van der Waals surface area contributed by atoms with Gasteiger partial charge in [0.05, 0.1) is 30.1 Å². The Morgan fingerprint density at radius 3 is 2.94 bits per heavy atom. The molecule has 5 rings (SSSR count). The summed E-state index contributed by atoms with van der Waals surface area (Å²) >= 11 is 0. The zero-order chi connectivity index (χ0) is 22.1. The van der Waals surface area contributed by atoms with Crippen LogP contribution in [0.15, 0.2) is 30.5 Å². The van der Waals surface area contributed by atoms with Gasteiger partial charge in [-0.3, -0.25) is 4.79 Å². The van der Waals surface area contributed by atoms with Crippen molar-refractivity contribution in [1.29, 1.82) is 5.26 Å². The summed E-state index contributed by atoms with van der Waals surface area (Å²) in [5, 5.41) is 26.7. The number of piperidine rings is 1. The molecule has 9 heteroatoms. The van der Waals surface area contributed by atoms with Crippen LogP contribution in [-0.2, 0) is 11.3 Å². The van der Waals surface area contributed by atoms with E-state index in [1.807, 2.05) is 29.9 Å². The Kier molecular flexibility index (Phi) is 5.81. The molecule has 2 aromatic rings. The summed E-state index contributed by atoms with van der Waals surface area (Å²) in [4.78, 5) is 12.9. The largest absolute Gasteiger partial charge is 0.368 e. The van der Waals surface area contributed by atoms with Crippen LogP contribution >= 0.6 is 0 Å². The molecule has 2 saturated heterocycles. The number of nitrogens with one attached hydrogen (secondary N) is 3. The van der Waals surface area contributed by atoms with Crippen molar-refractivity contribution in [2.24, 2.45) is 11.8 Å². The molecule has 0 spiro atoms. The fraction of sp³-hybridized carbons (Fsp3) is 0.565. The van der Waals surface area contributed by atoms with Gasteiger partial charge in [0.15, 0.2) is 0 Å². The Morgan fingerprint density at radius 1 is 1.25 bits per heavy atom. The maximum absolute atomic E-state index is 12.9. The molecule has 2 aliphatic heterocycles. The van der Waals surface area contributed by atoms with Crippen LogP contribution in [0, 0.1) is 30.1 Å². The van der Waals surface area contributed by atoms with E-state index in [4.69, 9.17) is 0 Å². The fourth-order valence-electron chi connectivity index (χ4n) is 5.49. The Balaban J connectivity index is 1.35. The number of carbonyl (C=O) groups excluding carboxylic acids is 1. The van der Waals surface area contributed by atoms with Crippen LogP contribution in [-0.4, -0.2) is 50.7 Å². The Hall–Kier alpha value is -2.96. The van der Waals surface area contributed by atoms with Crippen LogP contribution in [0.4, 0.5) is 5.69 Å². The second-order valence-electron chi connectivity index (χ2n) is 9.18. The number of hydrazine groups is 1. The van der Waals surface area contributed by atoms with E-state index in [1.165, 1.54) is 0 Å². The molecule has 3 aliphatic rings. The second kappa shape index (κ2) is 8.88. The molecular formula is C23H30N8O. The first-order valence-corrected chi connectivity index (χ1v) is 11.6. The lowest BCUT2D eigenvalue weighted by Gasteiger charge is -2.39. The maximum Gasteiger partial charge on any atom is 0.228 e. The normalized spacial score (nSPS) is 30.4. The van der Waals surface area contributed by atoms with Crippen LogP contribution in [0.5, 0.6) is 0 Å². The van der Waals surface area contributed by atoms with Crippen LogP contribution < -0.4 is 16.1 Å². The van der Waals surface area contributed by atoms with Gasteiger partial charge in [0, 0.05) is 30.5 Å². The highest BCUT2D eigenvalue weighted by atomic mass is 16.2. The van der Waals surface area contributed by atoms with Crippen molar-refractivity contribution in [2.45, 2.75) is 63.8 Å². The molecular weight excluding hydrogens is 404 g/mol. The molecule has 3 fully saturated rings. The number of rotatable bonds is 5. The number of aromatic nitrogens is 3. The first-order chi connectivity index (χ1) is 15.6. The predicted octanol–water partition coefficient (Wildman–Crippen LogP) is 1.78. The van der Waals surface area contributed by atoms with Crippen LogP contribution in [0.25, 0.3) is 0 Å². The summed E-state index contributed by atoms with van der Waals surface area (Å²) in [6.45, 7) is 3.24. The number of amides is 1. The highest BCUT2D eigenvalue weighted by molar-refractivity contribution is 5.82. The second-order valence-corrected chi connectivity index (χ2v) is 9.18. The van der Waals surface area contributed by atoms with Crippen LogP contribution in [0.1, 0.15) is 43.4 Å². The van der Waals surface area contributed by atoms with Crippen molar-refractivity contribution in [3.8, 4) is 6.07 Å². The minimum atomic E-state index is -0.217. The van der Waals surface area contributed by atoms with Gasteiger partial charge >= 0.3 is 0 Å². The highest BCUT2D eigenvalue weighted by Gasteiger charge is 2.51. The summed E-state index contributed by atoms with van der Waals surface area (Å²) in [7, 11) is 0. The molecule has 0 bridgehead atoms. The summed E-state index contributed by atoms with van der Waals surface area (Å²) in [5.74, 6) is -0.117. The number of benzene rings is 1. The van der Waals surface area contributed by atoms with Gasteiger partial charge in [0.1, 0.15) is 6.17 Å². The van der Waals surface area contributed by atoms with E-state index in [2.05, 4.69) is 49.6 Å². The number of carbonyl (C=O) groups is 1. The zero-order valence-corrected chi connectivity index (χ0v) is 18.4. The van der Waals surface area contributed by atoms with Gasteiger partial charge in [0.25, 0.3) is 0 Å². The quantitative estimate of drug-likeness (QED) is 0.658. The molecule has 1 aliphatic carbocycles.